The Balaban J connectivity index is 1.59. The number of rotatable bonds is 6. The molecule has 0 saturated carbocycles. The first-order valence-corrected chi connectivity index (χ1v) is 11.9. The van der Waals surface area contributed by atoms with Crippen LogP contribution in [0.3, 0.4) is 0 Å². The quantitative estimate of drug-likeness (QED) is 0.423. The third-order valence-corrected chi connectivity index (χ3v) is 6.92. The van der Waals surface area contributed by atoms with Crippen LogP contribution in [0.5, 0.6) is 0 Å². The third-order valence-electron chi connectivity index (χ3n) is 6.51. The maximum atomic E-state index is 9.14. The Hall–Kier alpha value is -3.47. The average Bonchev–Trinajstić information content (AvgIpc) is 3.46. The summed E-state index contributed by atoms with van der Waals surface area (Å²) in [4.78, 5) is 20.0. The molecule has 1 saturated heterocycles. The molecule has 34 heavy (non-hydrogen) atoms. The van der Waals surface area contributed by atoms with Crippen LogP contribution in [0.15, 0.2) is 37.0 Å². The molecule has 1 fully saturated rings. The van der Waals surface area contributed by atoms with E-state index in [2.05, 4.69) is 39.8 Å². The minimum Gasteiger partial charge on any atom is -0.356 e. The minimum atomic E-state index is 0.537. The molecule has 1 aromatic carbocycles. The van der Waals surface area contributed by atoms with Crippen LogP contribution in [0.25, 0.3) is 27.5 Å². The van der Waals surface area contributed by atoms with Crippen molar-refractivity contribution in [3.8, 4) is 6.07 Å². The lowest BCUT2D eigenvalue weighted by Gasteiger charge is -2.20. The van der Waals surface area contributed by atoms with Crippen molar-refractivity contribution in [2.24, 2.45) is 5.92 Å². The molecule has 1 atom stereocenters. The van der Waals surface area contributed by atoms with Gasteiger partial charge in [0.1, 0.15) is 17.5 Å². The van der Waals surface area contributed by atoms with Crippen LogP contribution in [0.4, 0.5) is 5.82 Å². The van der Waals surface area contributed by atoms with Crippen molar-refractivity contribution in [1.82, 2.24) is 25.3 Å². The number of hydrogen-bond acceptors (Lipinski definition) is 6. The first-order chi connectivity index (χ1) is 16.5. The van der Waals surface area contributed by atoms with Crippen molar-refractivity contribution in [2.75, 3.05) is 31.6 Å². The molecule has 0 spiro atoms. The van der Waals surface area contributed by atoms with Gasteiger partial charge in [0, 0.05) is 35.9 Å². The van der Waals surface area contributed by atoms with Crippen molar-refractivity contribution in [3.63, 3.8) is 0 Å². The van der Waals surface area contributed by atoms with E-state index in [1.807, 2.05) is 31.3 Å². The molecule has 0 aliphatic carbocycles. The number of nitrogens with zero attached hydrogens (tertiary/aromatic N) is 5. The van der Waals surface area contributed by atoms with Gasteiger partial charge in [0.05, 0.1) is 21.5 Å². The Morgan fingerprint density at radius 1 is 1.35 bits per heavy atom. The van der Waals surface area contributed by atoms with Crippen molar-refractivity contribution < 1.29 is 0 Å². The molecule has 0 bridgehead atoms. The van der Waals surface area contributed by atoms with Gasteiger partial charge in [0.15, 0.2) is 5.82 Å². The average molecular weight is 472 g/mol. The number of halogens is 1. The normalized spacial score (nSPS) is 15.8. The van der Waals surface area contributed by atoms with E-state index >= 15 is 0 Å². The SMILES string of the molecule is C=C(c1ccc2cc(C#N)cnc2c1)c1nc(N2CCC(CNC)C2)c2c(Cl)c(CC)[nH]c2n1. The third kappa shape index (κ3) is 3.89. The summed E-state index contributed by atoms with van der Waals surface area (Å²) < 4.78 is 0. The number of benzene rings is 1. The Morgan fingerprint density at radius 2 is 2.21 bits per heavy atom. The second-order valence-corrected chi connectivity index (χ2v) is 9.12. The number of fused-ring (bicyclic) bond motifs is 2. The van der Waals surface area contributed by atoms with E-state index in [-0.39, 0.29) is 0 Å². The highest BCUT2D eigenvalue weighted by atomic mass is 35.5. The van der Waals surface area contributed by atoms with Crippen LogP contribution in [0.1, 0.15) is 36.0 Å². The predicted octanol–water partition coefficient (Wildman–Crippen LogP) is 4.70. The summed E-state index contributed by atoms with van der Waals surface area (Å²) in [5, 5.41) is 14.9. The number of nitriles is 1. The van der Waals surface area contributed by atoms with Crippen LogP contribution >= 0.6 is 11.6 Å². The van der Waals surface area contributed by atoms with E-state index in [0.29, 0.717) is 27.9 Å². The lowest BCUT2D eigenvalue weighted by Crippen LogP contribution is -2.25. The Labute approximate surface area is 203 Å². The summed E-state index contributed by atoms with van der Waals surface area (Å²) >= 11 is 6.77. The molecule has 8 heteroatoms. The van der Waals surface area contributed by atoms with Crippen molar-refractivity contribution >= 4 is 44.9 Å². The van der Waals surface area contributed by atoms with E-state index in [9.17, 15) is 0 Å². The number of H-pyrrole nitrogens is 1. The summed E-state index contributed by atoms with van der Waals surface area (Å²) in [7, 11) is 1.99. The lowest BCUT2D eigenvalue weighted by molar-refractivity contribution is 0.549. The van der Waals surface area contributed by atoms with E-state index in [1.54, 1.807) is 6.20 Å². The maximum Gasteiger partial charge on any atom is 0.163 e. The fourth-order valence-electron chi connectivity index (χ4n) is 4.68. The molecule has 4 aromatic rings. The molecule has 3 aromatic heterocycles. The van der Waals surface area contributed by atoms with E-state index in [4.69, 9.17) is 26.8 Å². The Morgan fingerprint density at radius 3 is 2.97 bits per heavy atom. The van der Waals surface area contributed by atoms with Gasteiger partial charge in [-0.3, -0.25) is 4.98 Å². The number of anilines is 1. The molecule has 1 unspecified atom stereocenters. The number of hydrogen-bond donors (Lipinski definition) is 2. The summed E-state index contributed by atoms with van der Waals surface area (Å²) in [6.07, 6.45) is 3.47. The van der Waals surface area contributed by atoms with E-state index in [0.717, 1.165) is 71.5 Å². The highest BCUT2D eigenvalue weighted by Gasteiger charge is 2.28. The molecule has 7 nitrogen and oxygen atoms in total. The summed E-state index contributed by atoms with van der Waals surface area (Å²) in [5.74, 6) is 1.99. The minimum absolute atomic E-state index is 0.537. The van der Waals surface area contributed by atoms with Gasteiger partial charge in [-0.25, -0.2) is 9.97 Å². The smallest absolute Gasteiger partial charge is 0.163 e. The van der Waals surface area contributed by atoms with Crippen LogP contribution in [0.2, 0.25) is 5.02 Å². The van der Waals surface area contributed by atoms with Crippen LogP contribution in [0, 0.1) is 17.2 Å². The first-order valence-electron chi connectivity index (χ1n) is 11.5. The van der Waals surface area contributed by atoms with Crippen LogP contribution in [-0.2, 0) is 6.42 Å². The van der Waals surface area contributed by atoms with Gasteiger partial charge in [-0.1, -0.05) is 37.2 Å². The molecule has 0 amide bonds. The summed E-state index contributed by atoms with van der Waals surface area (Å²) in [5.41, 5.74) is 4.63. The molecule has 1 aliphatic rings. The maximum absolute atomic E-state index is 9.14. The van der Waals surface area contributed by atoms with Gasteiger partial charge >= 0.3 is 0 Å². The summed E-state index contributed by atoms with van der Waals surface area (Å²) in [6, 6.07) is 9.85. The fourth-order valence-corrected chi connectivity index (χ4v) is 5.03. The van der Waals surface area contributed by atoms with Crippen molar-refractivity contribution in [2.45, 2.75) is 19.8 Å². The zero-order chi connectivity index (χ0) is 23.8. The zero-order valence-corrected chi connectivity index (χ0v) is 20.1. The van der Waals surface area contributed by atoms with E-state index < -0.39 is 0 Å². The second-order valence-electron chi connectivity index (χ2n) is 8.75. The van der Waals surface area contributed by atoms with Gasteiger partial charge in [-0.15, -0.1) is 0 Å². The standard InChI is InChI=1S/C26H26ClN7/c1-4-20-23(27)22-25(31-20)32-24(33-26(22)34-8-7-16(14-34)12-29-3)15(2)18-5-6-19-9-17(11-28)13-30-21(19)10-18/h5-6,9-10,13,16,29H,2,4,7-8,12,14H2,1,3H3,(H,31,32,33). The lowest BCUT2D eigenvalue weighted by atomic mass is 10.0. The van der Waals surface area contributed by atoms with Crippen LogP contribution in [-0.4, -0.2) is 46.6 Å². The molecule has 172 valence electrons. The van der Waals surface area contributed by atoms with Crippen molar-refractivity contribution in [3.05, 3.63) is 64.7 Å². The van der Waals surface area contributed by atoms with Gasteiger partial charge in [-0.2, -0.15) is 5.26 Å². The highest BCUT2D eigenvalue weighted by molar-refractivity contribution is 6.37. The molecule has 4 heterocycles. The molecular formula is C26H26ClN7. The number of pyridine rings is 1. The van der Waals surface area contributed by atoms with Gasteiger partial charge in [0.25, 0.3) is 0 Å². The summed E-state index contributed by atoms with van der Waals surface area (Å²) in [6.45, 7) is 9.21. The number of aryl methyl sites for hydroxylation is 1. The number of aromatic nitrogens is 4. The van der Waals surface area contributed by atoms with Gasteiger partial charge < -0.3 is 15.2 Å². The molecule has 0 radical (unpaired) electrons. The molecule has 2 N–H and O–H groups in total. The van der Waals surface area contributed by atoms with Gasteiger partial charge in [0.2, 0.25) is 0 Å². The zero-order valence-electron chi connectivity index (χ0n) is 19.3. The number of aromatic amines is 1. The Bertz CT molecular complexity index is 1450. The molecule has 5 rings (SSSR count). The first kappa shape index (κ1) is 22.3. The molecule has 1 aliphatic heterocycles. The fraction of sp³-hybridized carbons (Fsp3) is 0.308. The second kappa shape index (κ2) is 9.05. The van der Waals surface area contributed by atoms with Crippen molar-refractivity contribution in [1.29, 1.82) is 5.26 Å². The largest absolute Gasteiger partial charge is 0.356 e. The molecular weight excluding hydrogens is 446 g/mol. The topological polar surface area (TPSA) is 93.5 Å². The monoisotopic (exact) mass is 471 g/mol. The number of nitrogens with one attached hydrogen (secondary N) is 2. The Kier molecular flexibility index (Phi) is 5.94. The van der Waals surface area contributed by atoms with Crippen LogP contribution < -0.4 is 10.2 Å². The highest BCUT2D eigenvalue weighted by Crippen LogP contribution is 2.37. The van der Waals surface area contributed by atoms with Gasteiger partial charge in [-0.05, 0) is 50.0 Å². The van der Waals surface area contributed by atoms with E-state index in [1.165, 1.54) is 0 Å². The predicted molar refractivity (Wildman–Crippen MR) is 137 cm³/mol.